The monoisotopic (exact) mass is 390 g/mol. The van der Waals surface area contributed by atoms with E-state index in [2.05, 4.69) is 20.9 Å². The van der Waals surface area contributed by atoms with Crippen LogP contribution in [0.4, 0.5) is 0 Å². The number of aromatic nitrogens is 2. The molecule has 5 heteroatoms. The molecule has 2 aromatic rings. The van der Waals surface area contributed by atoms with Crippen molar-refractivity contribution in [3.05, 3.63) is 60.7 Å². The van der Waals surface area contributed by atoms with E-state index in [1.807, 2.05) is 46.9 Å². The topological polar surface area (TPSA) is 34.9 Å². The van der Waals surface area contributed by atoms with E-state index in [0.29, 0.717) is 10.1 Å². The second-order valence-electron chi connectivity index (χ2n) is 3.30. The number of hydrogen-bond donors (Lipinski definition) is 0. The van der Waals surface area contributed by atoms with Crippen molar-refractivity contribution in [2.45, 2.75) is 6.54 Å². The van der Waals surface area contributed by atoms with Gasteiger partial charge in [0.15, 0.2) is 0 Å². The number of rotatable bonds is 2. The molecule has 0 atom stereocenters. The molecule has 0 N–H and O–H groups in total. The zero-order valence-corrected chi connectivity index (χ0v) is 12.0. The lowest BCUT2D eigenvalue weighted by Gasteiger charge is -2.05. The van der Waals surface area contributed by atoms with E-state index < -0.39 is 0 Å². The molecule has 0 unspecified atom stereocenters. The predicted octanol–water partition coefficient (Wildman–Crippen LogP) is 2.66. The molecule has 16 heavy (non-hydrogen) atoms. The van der Waals surface area contributed by atoms with Crippen LogP contribution in [0.1, 0.15) is 5.56 Å². The van der Waals surface area contributed by atoms with Crippen LogP contribution in [0.2, 0.25) is 0 Å². The summed E-state index contributed by atoms with van der Waals surface area (Å²) < 4.78 is 3.27. The van der Waals surface area contributed by atoms with Crippen molar-refractivity contribution in [2.24, 2.45) is 0 Å². The Labute approximate surface area is 115 Å². The van der Waals surface area contributed by atoms with Crippen molar-refractivity contribution in [1.29, 1.82) is 0 Å². The molecule has 0 aliphatic rings. The second-order valence-corrected chi connectivity index (χ2v) is 5.38. The fourth-order valence-corrected chi connectivity index (χ4v) is 2.06. The number of halogens is 2. The summed E-state index contributed by atoms with van der Waals surface area (Å²) in [5, 5.41) is 0. The molecular weight excluding hydrogens is 383 g/mol. The van der Waals surface area contributed by atoms with Crippen molar-refractivity contribution in [2.75, 3.05) is 0 Å². The van der Waals surface area contributed by atoms with Gasteiger partial charge in [0.05, 0.1) is 16.4 Å². The van der Waals surface area contributed by atoms with Crippen LogP contribution in [-0.4, -0.2) is 9.55 Å². The predicted molar refractivity (Wildman–Crippen MR) is 74.5 cm³/mol. The van der Waals surface area contributed by atoms with E-state index >= 15 is 0 Å². The van der Waals surface area contributed by atoms with Gasteiger partial charge in [-0.05, 0) is 40.3 Å². The maximum Gasteiger partial charge on any atom is 0.267 e. The van der Waals surface area contributed by atoms with Crippen molar-refractivity contribution >= 4 is 38.5 Å². The molecule has 0 radical (unpaired) electrons. The largest absolute Gasteiger partial charge is 0.294 e. The molecule has 1 aromatic heterocycles. The van der Waals surface area contributed by atoms with Crippen LogP contribution in [0.5, 0.6) is 0 Å². The van der Waals surface area contributed by atoms with Crippen molar-refractivity contribution < 1.29 is 0 Å². The van der Waals surface area contributed by atoms with E-state index in [1.165, 1.54) is 0 Å². The van der Waals surface area contributed by atoms with Crippen LogP contribution < -0.4 is 5.56 Å². The third-order valence-electron chi connectivity index (χ3n) is 2.13. The van der Waals surface area contributed by atoms with Gasteiger partial charge in [-0.2, -0.15) is 0 Å². The Morgan fingerprint density at radius 2 is 2.00 bits per heavy atom. The molecule has 3 nitrogen and oxygen atoms in total. The summed E-state index contributed by atoms with van der Waals surface area (Å²) in [6, 6.07) is 7.89. The molecule has 0 bridgehead atoms. The molecular formula is C11H8BrIN2O. The Bertz CT molecular complexity index is 551. The fourth-order valence-electron chi connectivity index (χ4n) is 1.32. The Morgan fingerprint density at radius 3 is 2.69 bits per heavy atom. The first-order valence-corrected chi connectivity index (χ1v) is 6.48. The van der Waals surface area contributed by atoms with Gasteiger partial charge in [-0.1, -0.05) is 28.1 Å². The van der Waals surface area contributed by atoms with E-state index in [0.717, 1.165) is 10.0 Å². The molecule has 0 fully saturated rings. The minimum atomic E-state index is -0.00137. The van der Waals surface area contributed by atoms with Gasteiger partial charge < -0.3 is 0 Å². The van der Waals surface area contributed by atoms with Crippen LogP contribution >= 0.6 is 38.5 Å². The van der Waals surface area contributed by atoms with Crippen LogP contribution in [0.15, 0.2) is 46.1 Å². The highest BCUT2D eigenvalue weighted by atomic mass is 127. The normalized spacial score (nSPS) is 10.4. The zero-order chi connectivity index (χ0) is 11.5. The second kappa shape index (κ2) is 5.09. The van der Waals surface area contributed by atoms with Gasteiger partial charge in [0, 0.05) is 10.7 Å². The summed E-state index contributed by atoms with van der Waals surface area (Å²) in [6.45, 7) is 0.552. The highest BCUT2D eigenvalue weighted by molar-refractivity contribution is 14.1. The van der Waals surface area contributed by atoms with Gasteiger partial charge in [0.1, 0.15) is 0 Å². The smallest absolute Gasteiger partial charge is 0.267 e. The maximum absolute atomic E-state index is 11.7. The summed E-state index contributed by atoms with van der Waals surface area (Å²) in [6.07, 6.45) is 3.13. The van der Waals surface area contributed by atoms with Gasteiger partial charge in [-0.15, -0.1) is 0 Å². The molecule has 0 spiro atoms. The van der Waals surface area contributed by atoms with Gasteiger partial charge >= 0.3 is 0 Å². The first-order chi connectivity index (χ1) is 7.66. The average molecular weight is 391 g/mol. The third-order valence-corrected chi connectivity index (χ3v) is 3.39. The van der Waals surface area contributed by atoms with Gasteiger partial charge in [0.2, 0.25) is 0 Å². The van der Waals surface area contributed by atoms with Crippen LogP contribution in [-0.2, 0) is 6.54 Å². The minimum absolute atomic E-state index is 0.00137. The quantitative estimate of drug-likeness (QED) is 0.739. The molecule has 82 valence electrons. The SMILES string of the molecule is O=c1c(I)cncn1Cc1ccc(Br)cc1. The van der Waals surface area contributed by atoms with Gasteiger partial charge in [-0.25, -0.2) is 4.98 Å². The molecule has 0 saturated carbocycles. The van der Waals surface area contributed by atoms with Crippen LogP contribution in [0.25, 0.3) is 0 Å². The highest BCUT2D eigenvalue weighted by Gasteiger charge is 2.01. The van der Waals surface area contributed by atoms with E-state index in [9.17, 15) is 4.79 Å². The minimum Gasteiger partial charge on any atom is -0.294 e. The van der Waals surface area contributed by atoms with Crippen molar-refractivity contribution in [3.63, 3.8) is 0 Å². The van der Waals surface area contributed by atoms with Gasteiger partial charge in [0.25, 0.3) is 5.56 Å². The standard InChI is InChI=1S/C11H8BrIN2O/c12-9-3-1-8(2-4-9)6-15-7-14-5-10(13)11(15)16/h1-5,7H,6H2. The van der Waals surface area contributed by atoms with E-state index in [1.54, 1.807) is 17.1 Å². The summed E-state index contributed by atoms with van der Waals surface area (Å²) in [4.78, 5) is 15.8. The first-order valence-electron chi connectivity index (χ1n) is 4.61. The molecule has 0 amide bonds. The summed E-state index contributed by atoms with van der Waals surface area (Å²) in [5.74, 6) is 0. The Balaban J connectivity index is 2.31. The Morgan fingerprint density at radius 1 is 1.31 bits per heavy atom. The Kier molecular flexibility index (Phi) is 3.75. The molecule has 0 aliphatic heterocycles. The summed E-state index contributed by atoms with van der Waals surface area (Å²) in [5.41, 5.74) is 1.08. The number of hydrogen-bond acceptors (Lipinski definition) is 2. The lowest BCUT2D eigenvalue weighted by molar-refractivity contribution is 0.730. The maximum atomic E-state index is 11.7. The highest BCUT2D eigenvalue weighted by Crippen LogP contribution is 2.11. The van der Waals surface area contributed by atoms with Crippen molar-refractivity contribution in [1.82, 2.24) is 9.55 Å². The number of nitrogens with zero attached hydrogens (tertiary/aromatic N) is 2. The summed E-state index contributed by atoms with van der Waals surface area (Å²) >= 11 is 5.37. The zero-order valence-electron chi connectivity index (χ0n) is 8.23. The summed E-state index contributed by atoms with van der Waals surface area (Å²) in [7, 11) is 0. The first kappa shape index (κ1) is 11.8. The molecule has 1 aromatic carbocycles. The lowest BCUT2D eigenvalue weighted by Crippen LogP contribution is -2.22. The molecule has 1 heterocycles. The Hall–Kier alpha value is -0.690. The van der Waals surface area contributed by atoms with E-state index in [-0.39, 0.29) is 5.56 Å². The van der Waals surface area contributed by atoms with Crippen LogP contribution in [0.3, 0.4) is 0 Å². The third kappa shape index (κ3) is 2.70. The lowest BCUT2D eigenvalue weighted by atomic mass is 10.2. The van der Waals surface area contributed by atoms with E-state index in [4.69, 9.17) is 0 Å². The molecule has 2 rings (SSSR count). The molecule has 0 aliphatic carbocycles. The number of benzene rings is 1. The van der Waals surface area contributed by atoms with Crippen LogP contribution in [0, 0.1) is 3.57 Å². The van der Waals surface area contributed by atoms with Gasteiger partial charge in [-0.3, -0.25) is 9.36 Å². The molecule has 0 saturated heterocycles. The van der Waals surface area contributed by atoms with Crippen molar-refractivity contribution in [3.8, 4) is 0 Å². The fraction of sp³-hybridized carbons (Fsp3) is 0.0909. The average Bonchev–Trinajstić information content (AvgIpc) is 2.28.